The van der Waals surface area contributed by atoms with Crippen LogP contribution in [0.25, 0.3) is 0 Å². The van der Waals surface area contributed by atoms with Crippen molar-refractivity contribution in [2.24, 2.45) is 0 Å². The van der Waals surface area contributed by atoms with Crippen LogP contribution in [0.2, 0.25) is 0 Å². The molecule has 0 atom stereocenters. The summed E-state index contributed by atoms with van der Waals surface area (Å²) in [7, 11) is 0. The molecule has 2 aromatic rings. The Morgan fingerprint density at radius 1 is 1.04 bits per heavy atom. The summed E-state index contributed by atoms with van der Waals surface area (Å²) >= 11 is 0. The molecule has 1 aliphatic heterocycles. The van der Waals surface area contributed by atoms with Crippen molar-refractivity contribution in [1.29, 1.82) is 0 Å². The van der Waals surface area contributed by atoms with E-state index in [0.29, 0.717) is 5.56 Å². The first-order valence-electron chi connectivity index (χ1n) is 8.07. The number of amides is 1. The lowest BCUT2D eigenvalue weighted by molar-refractivity contribution is 0.102. The van der Waals surface area contributed by atoms with Gasteiger partial charge in [0.15, 0.2) is 0 Å². The zero-order chi connectivity index (χ0) is 15.9. The van der Waals surface area contributed by atoms with Crippen LogP contribution in [0.5, 0.6) is 0 Å². The monoisotopic (exact) mass is 310 g/mol. The number of nitrogens with one attached hydrogen (secondary N) is 1. The predicted molar refractivity (Wildman–Crippen MR) is 91.6 cm³/mol. The Balaban J connectivity index is 1.65. The number of rotatable bonds is 4. The molecule has 23 heavy (non-hydrogen) atoms. The van der Waals surface area contributed by atoms with E-state index in [2.05, 4.69) is 16.3 Å². The smallest absolute Gasteiger partial charge is 0.255 e. The van der Waals surface area contributed by atoms with E-state index in [4.69, 9.17) is 4.74 Å². The van der Waals surface area contributed by atoms with E-state index in [1.54, 1.807) is 0 Å². The maximum Gasteiger partial charge on any atom is 0.255 e. The Kier molecular flexibility index (Phi) is 5.40. The molecule has 0 aromatic heterocycles. The fourth-order valence-electron chi connectivity index (χ4n) is 2.75. The highest BCUT2D eigenvalue weighted by Gasteiger charge is 2.11. The van der Waals surface area contributed by atoms with Crippen LogP contribution in [0.1, 0.15) is 22.3 Å². The molecular weight excluding hydrogens is 288 g/mol. The fraction of sp³-hybridized carbons (Fsp3) is 0.316. The highest BCUT2D eigenvalue weighted by molar-refractivity contribution is 6.04. The van der Waals surface area contributed by atoms with Gasteiger partial charge in [0.05, 0.1) is 6.61 Å². The minimum atomic E-state index is -0.0720. The Bertz CT molecular complexity index is 635. The largest absolute Gasteiger partial charge is 0.380 e. The SMILES string of the molecule is O=C(Nc1ccccc1)c1cccc(CN2CCCOCC2)c1. The lowest BCUT2D eigenvalue weighted by Crippen LogP contribution is -2.26. The summed E-state index contributed by atoms with van der Waals surface area (Å²) in [5.74, 6) is -0.0720. The molecule has 1 heterocycles. The molecular formula is C19H22N2O2. The molecule has 1 amide bonds. The lowest BCUT2D eigenvalue weighted by Gasteiger charge is -2.19. The molecule has 3 rings (SSSR count). The average molecular weight is 310 g/mol. The highest BCUT2D eigenvalue weighted by atomic mass is 16.5. The van der Waals surface area contributed by atoms with Gasteiger partial charge in [-0.05, 0) is 36.2 Å². The molecule has 120 valence electrons. The van der Waals surface area contributed by atoms with Crippen LogP contribution in [-0.2, 0) is 11.3 Å². The second kappa shape index (κ2) is 7.90. The van der Waals surface area contributed by atoms with Crippen molar-refractivity contribution >= 4 is 11.6 Å². The number of para-hydroxylation sites is 1. The summed E-state index contributed by atoms with van der Waals surface area (Å²) in [6, 6.07) is 17.4. The number of carbonyl (C=O) groups excluding carboxylic acids is 1. The minimum Gasteiger partial charge on any atom is -0.380 e. The maximum absolute atomic E-state index is 12.4. The highest BCUT2D eigenvalue weighted by Crippen LogP contribution is 2.13. The van der Waals surface area contributed by atoms with Crippen LogP contribution < -0.4 is 5.32 Å². The Hall–Kier alpha value is -2.17. The zero-order valence-electron chi connectivity index (χ0n) is 13.2. The summed E-state index contributed by atoms with van der Waals surface area (Å²) < 4.78 is 5.48. The molecule has 4 heteroatoms. The first-order chi connectivity index (χ1) is 11.3. The normalized spacial score (nSPS) is 15.8. The van der Waals surface area contributed by atoms with E-state index in [1.807, 2.05) is 48.5 Å². The van der Waals surface area contributed by atoms with E-state index in [0.717, 1.165) is 50.5 Å². The van der Waals surface area contributed by atoms with Crippen LogP contribution in [0, 0.1) is 0 Å². The van der Waals surface area contributed by atoms with Crippen LogP contribution in [-0.4, -0.2) is 37.1 Å². The molecule has 4 nitrogen and oxygen atoms in total. The van der Waals surface area contributed by atoms with Gasteiger partial charge in [0, 0.05) is 37.5 Å². The molecule has 1 fully saturated rings. The number of anilines is 1. The van der Waals surface area contributed by atoms with Gasteiger partial charge in [0.1, 0.15) is 0 Å². The Labute approximate surface area is 137 Å². The number of nitrogens with zero attached hydrogens (tertiary/aromatic N) is 1. The van der Waals surface area contributed by atoms with E-state index < -0.39 is 0 Å². The number of hydrogen-bond donors (Lipinski definition) is 1. The summed E-state index contributed by atoms with van der Waals surface area (Å²) in [6.45, 7) is 4.47. The zero-order valence-corrected chi connectivity index (χ0v) is 13.2. The molecule has 0 spiro atoms. The van der Waals surface area contributed by atoms with Crippen molar-refractivity contribution in [3.05, 3.63) is 65.7 Å². The van der Waals surface area contributed by atoms with Crippen LogP contribution in [0.15, 0.2) is 54.6 Å². The number of carbonyl (C=O) groups is 1. The third-order valence-electron chi connectivity index (χ3n) is 3.94. The number of benzene rings is 2. The van der Waals surface area contributed by atoms with Crippen LogP contribution >= 0.6 is 0 Å². The third kappa shape index (κ3) is 4.65. The number of hydrogen-bond acceptors (Lipinski definition) is 3. The van der Waals surface area contributed by atoms with Gasteiger partial charge in [-0.15, -0.1) is 0 Å². The van der Waals surface area contributed by atoms with E-state index in [9.17, 15) is 4.79 Å². The molecule has 0 bridgehead atoms. The van der Waals surface area contributed by atoms with Crippen molar-refractivity contribution in [3.63, 3.8) is 0 Å². The van der Waals surface area contributed by atoms with Crippen molar-refractivity contribution in [1.82, 2.24) is 4.90 Å². The van der Waals surface area contributed by atoms with E-state index in [1.165, 1.54) is 0 Å². The van der Waals surface area contributed by atoms with Gasteiger partial charge in [-0.3, -0.25) is 9.69 Å². The Morgan fingerprint density at radius 2 is 1.91 bits per heavy atom. The van der Waals surface area contributed by atoms with Crippen LogP contribution in [0.3, 0.4) is 0 Å². The summed E-state index contributed by atoms with van der Waals surface area (Å²) in [6.07, 6.45) is 1.06. The summed E-state index contributed by atoms with van der Waals surface area (Å²) in [4.78, 5) is 14.7. The molecule has 1 N–H and O–H groups in total. The fourth-order valence-corrected chi connectivity index (χ4v) is 2.75. The molecule has 2 aromatic carbocycles. The Morgan fingerprint density at radius 3 is 2.78 bits per heavy atom. The topological polar surface area (TPSA) is 41.6 Å². The van der Waals surface area contributed by atoms with Gasteiger partial charge in [-0.1, -0.05) is 30.3 Å². The number of ether oxygens (including phenoxy) is 1. The minimum absolute atomic E-state index is 0.0720. The van der Waals surface area contributed by atoms with Gasteiger partial charge in [-0.25, -0.2) is 0 Å². The van der Waals surface area contributed by atoms with Crippen molar-refractivity contribution < 1.29 is 9.53 Å². The van der Waals surface area contributed by atoms with Crippen LogP contribution in [0.4, 0.5) is 5.69 Å². The second-order valence-corrected chi connectivity index (χ2v) is 5.76. The molecule has 0 aliphatic carbocycles. The van der Waals surface area contributed by atoms with Gasteiger partial charge >= 0.3 is 0 Å². The maximum atomic E-state index is 12.4. The van der Waals surface area contributed by atoms with Crippen molar-refractivity contribution in [3.8, 4) is 0 Å². The van der Waals surface area contributed by atoms with Gasteiger partial charge in [0.25, 0.3) is 5.91 Å². The standard InChI is InChI=1S/C19H22N2O2/c22-19(20-18-8-2-1-3-9-18)17-7-4-6-16(14-17)15-21-10-5-12-23-13-11-21/h1-4,6-9,14H,5,10-13,15H2,(H,20,22). The van der Waals surface area contributed by atoms with E-state index in [-0.39, 0.29) is 5.91 Å². The third-order valence-corrected chi connectivity index (χ3v) is 3.94. The first-order valence-corrected chi connectivity index (χ1v) is 8.07. The molecule has 0 radical (unpaired) electrons. The van der Waals surface area contributed by atoms with Gasteiger partial charge in [0.2, 0.25) is 0 Å². The lowest BCUT2D eigenvalue weighted by atomic mass is 10.1. The van der Waals surface area contributed by atoms with E-state index >= 15 is 0 Å². The average Bonchev–Trinajstić information content (AvgIpc) is 2.85. The quantitative estimate of drug-likeness (QED) is 0.943. The summed E-state index contributed by atoms with van der Waals surface area (Å²) in [5, 5.41) is 2.93. The van der Waals surface area contributed by atoms with Gasteiger partial charge in [-0.2, -0.15) is 0 Å². The van der Waals surface area contributed by atoms with Crippen molar-refractivity contribution in [2.45, 2.75) is 13.0 Å². The second-order valence-electron chi connectivity index (χ2n) is 5.76. The molecule has 0 saturated carbocycles. The predicted octanol–water partition coefficient (Wildman–Crippen LogP) is 3.16. The van der Waals surface area contributed by atoms with Gasteiger partial charge < -0.3 is 10.1 Å². The molecule has 0 unspecified atom stereocenters. The summed E-state index contributed by atoms with van der Waals surface area (Å²) in [5.41, 5.74) is 2.66. The molecule has 1 saturated heterocycles. The first kappa shape index (κ1) is 15.7. The molecule has 1 aliphatic rings. The van der Waals surface area contributed by atoms with Crippen molar-refractivity contribution in [2.75, 3.05) is 31.6 Å².